The Kier molecular flexibility index (Phi) is 63.3. The van der Waals surface area contributed by atoms with Crippen molar-refractivity contribution < 1.29 is 80.2 Å². The Morgan fingerprint density at radius 2 is 0.449 bits per heavy atom. The third-order valence-corrected chi connectivity index (χ3v) is 18.3. The van der Waals surface area contributed by atoms with Crippen molar-refractivity contribution in [3.8, 4) is 0 Å². The van der Waals surface area contributed by atoms with Gasteiger partial charge in [0.1, 0.15) is 19.3 Å². The zero-order valence-electron chi connectivity index (χ0n) is 57.4. The van der Waals surface area contributed by atoms with Gasteiger partial charge in [-0.15, -0.1) is 0 Å². The first kappa shape index (κ1) is 87.1. The molecule has 0 heterocycles. The molecule has 0 aromatic heterocycles. The van der Waals surface area contributed by atoms with E-state index < -0.39 is 97.5 Å². The quantitative estimate of drug-likeness (QED) is 0.0222. The minimum Gasteiger partial charge on any atom is -0.462 e. The van der Waals surface area contributed by atoms with Crippen molar-refractivity contribution in [2.24, 2.45) is 0 Å². The zero-order chi connectivity index (χ0) is 65.4. The first-order chi connectivity index (χ1) is 43.2. The smallest absolute Gasteiger partial charge is 0.462 e. The second-order valence-corrected chi connectivity index (χ2v) is 28.2. The van der Waals surface area contributed by atoms with Crippen LogP contribution < -0.4 is 0 Å². The molecule has 0 saturated carbocycles. The number of carbonyl (C=O) groups excluding carboxylic acids is 4. The fraction of sp³-hybridized carbons (Fsp3) is 0.943. The summed E-state index contributed by atoms with van der Waals surface area (Å²) in [7, 11) is -9.90. The summed E-state index contributed by atoms with van der Waals surface area (Å²) in [6.45, 7) is 4.95. The number of esters is 4. The van der Waals surface area contributed by atoms with Crippen molar-refractivity contribution in [3.05, 3.63) is 0 Å². The van der Waals surface area contributed by atoms with Crippen LogP contribution in [0.1, 0.15) is 368 Å². The van der Waals surface area contributed by atoms with E-state index in [9.17, 15) is 43.2 Å². The fourth-order valence-electron chi connectivity index (χ4n) is 10.7. The summed E-state index contributed by atoms with van der Waals surface area (Å²) in [6, 6.07) is 0. The van der Waals surface area contributed by atoms with Gasteiger partial charge in [0.25, 0.3) is 0 Å². The number of unbranched alkanes of at least 4 members (excludes halogenated alkanes) is 45. The molecular weight excluding hydrogens is 1170 g/mol. The summed E-state index contributed by atoms with van der Waals surface area (Å²) in [4.78, 5) is 72.5. The Bertz CT molecular complexity index is 1710. The van der Waals surface area contributed by atoms with Crippen molar-refractivity contribution in [1.82, 2.24) is 0 Å². The van der Waals surface area contributed by atoms with E-state index in [-0.39, 0.29) is 25.7 Å². The molecule has 0 aromatic carbocycles. The molecule has 0 rings (SSSR count). The second kappa shape index (κ2) is 64.8. The highest BCUT2D eigenvalue weighted by Crippen LogP contribution is 2.45. The molecule has 19 heteroatoms. The van der Waals surface area contributed by atoms with Crippen molar-refractivity contribution >= 4 is 39.5 Å². The molecule has 528 valence electrons. The van der Waals surface area contributed by atoms with Gasteiger partial charge in [0.2, 0.25) is 0 Å². The molecule has 0 amide bonds. The topological polar surface area (TPSA) is 237 Å². The van der Waals surface area contributed by atoms with E-state index in [0.717, 1.165) is 89.9 Å². The number of phosphoric ester groups is 2. The van der Waals surface area contributed by atoms with Gasteiger partial charge >= 0.3 is 39.5 Å². The lowest BCUT2D eigenvalue weighted by Gasteiger charge is -2.21. The molecule has 17 nitrogen and oxygen atoms in total. The SMILES string of the molecule is CCCCCCCCCCCCCCCCCC(=O)O[C@H](COC(=O)CCCCCCCCCCCCCC)COP(=O)(O)OCC(O)COP(=O)(O)OC[C@@H](COC(=O)CCCCCCCCCCCCC)OC(=O)CCCCCCCCCCCCC. The van der Waals surface area contributed by atoms with Crippen LogP contribution in [0.25, 0.3) is 0 Å². The maximum Gasteiger partial charge on any atom is 0.472 e. The zero-order valence-corrected chi connectivity index (χ0v) is 59.2. The highest BCUT2D eigenvalue weighted by molar-refractivity contribution is 7.47. The maximum absolute atomic E-state index is 13.0. The number of aliphatic hydroxyl groups excluding tert-OH is 1. The Balaban J connectivity index is 5.24. The highest BCUT2D eigenvalue weighted by Gasteiger charge is 2.30. The van der Waals surface area contributed by atoms with Gasteiger partial charge in [-0.2, -0.15) is 0 Å². The van der Waals surface area contributed by atoms with E-state index >= 15 is 0 Å². The Morgan fingerprint density at radius 3 is 0.663 bits per heavy atom. The van der Waals surface area contributed by atoms with E-state index in [1.54, 1.807) is 0 Å². The summed E-state index contributed by atoms with van der Waals surface area (Å²) < 4.78 is 68.3. The van der Waals surface area contributed by atoms with Gasteiger partial charge in [0.05, 0.1) is 26.4 Å². The van der Waals surface area contributed by atoms with Crippen LogP contribution in [-0.2, 0) is 65.4 Å². The van der Waals surface area contributed by atoms with Gasteiger partial charge in [0.15, 0.2) is 12.2 Å². The maximum atomic E-state index is 13.0. The molecule has 0 aliphatic carbocycles. The summed E-state index contributed by atoms with van der Waals surface area (Å²) in [5.41, 5.74) is 0. The van der Waals surface area contributed by atoms with Gasteiger partial charge in [-0.25, -0.2) is 9.13 Å². The van der Waals surface area contributed by atoms with Crippen molar-refractivity contribution in [1.29, 1.82) is 0 Å². The van der Waals surface area contributed by atoms with Gasteiger partial charge in [-0.1, -0.05) is 317 Å². The van der Waals surface area contributed by atoms with Gasteiger partial charge in [0, 0.05) is 25.7 Å². The van der Waals surface area contributed by atoms with E-state index in [1.807, 2.05) is 0 Å². The lowest BCUT2D eigenvalue weighted by Crippen LogP contribution is -2.30. The highest BCUT2D eigenvalue weighted by atomic mass is 31.2. The Hall–Kier alpha value is -1.94. The number of phosphoric acid groups is 2. The van der Waals surface area contributed by atoms with Crippen LogP contribution in [0.4, 0.5) is 0 Å². The summed E-state index contributed by atoms with van der Waals surface area (Å²) in [5, 5.41) is 10.6. The molecule has 3 unspecified atom stereocenters. The minimum absolute atomic E-state index is 0.108. The molecule has 0 saturated heterocycles. The minimum atomic E-state index is -4.95. The largest absolute Gasteiger partial charge is 0.472 e. The molecule has 0 aliphatic rings. The van der Waals surface area contributed by atoms with E-state index in [0.29, 0.717) is 25.7 Å². The monoisotopic (exact) mass is 1310 g/mol. The Morgan fingerprint density at radius 1 is 0.270 bits per heavy atom. The molecule has 0 radical (unpaired) electrons. The number of hydrogen-bond acceptors (Lipinski definition) is 15. The molecular formula is C70H136O17P2. The number of carbonyl (C=O) groups is 4. The van der Waals surface area contributed by atoms with Crippen LogP contribution in [0.3, 0.4) is 0 Å². The fourth-order valence-corrected chi connectivity index (χ4v) is 12.3. The van der Waals surface area contributed by atoms with Crippen LogP contribution >= 0.6 is 15.6 Å². The summed E-state index contributed by atoms with van der Waals surface area (Å²) >= 11 is 0. The number of hydrogen-bond donors (Lipinski definition) is 3. The van der Waals surface area contributed by atoms with Crippen LogP contribution in [0.15, 0.2) is 0 Å². The molecule has 0 aliphatic heterocycles. The predicted octanol–water partition coefficient (Wildman–Crippen LogP) is 20.3. The molecule has 0 fully saturated rings. The number of ether oxygens (including phenoxy) is 4. The number of aliphatic hydroxyl groups is 1. The molecule has 3 N–H and O–H groups in total. The summed E-state index contributed by atoms with van der Waals surface area (Å²) in [6.07, 6.45) is 52.5. The van der Waals surface area contributed by atoms with Crippen molar-refractivity contribution in [2.75, 3.05) is 39.6 Å². The van der Waals surface area contributed by atoms with Crippen LogP contribution in [0, 0.1) is 0 Å². The average Bonchev–Trinajstić information content (AvgIpc) is 3.73. The molecule has 89 heavy (non-hydrogen) atoms. The summed E-state index contributed by atoms with van der Waals surface area (Å²) in [5.74, 6) is -2.12. The first-order valence-corrected chi connectivity index (χ1v) is 39.8. The standard InChI is InChI=1S/C70H136O17P2/c1-5-9-13-17-21-25-29-31-32-33-37-41-45-49-53-57-70(75)87-66(61-81-68(73)55-51-47-43-39-36-30-26-22-18-14-10-6-2)63-85-89(78,79)83-59-64(71)58-82-88(76,77)84-62-65(86-69(74)56-52-48-44-40-35-28-24-20-16-12-8-4)60-80-67(72)54-50-46-42-38-34-27-23-19-15-11-7-3/h64-66,71H,5-63H2,1-4H3,(H,76,77)(H,78,79)/t64?,65-,66-/m1/s1. The molecule has 5 atom stereocenters. The van der Waals surface area contributed by atoms with Gasteiger partial charge in [-0.3, -0.25) is 37.3 Å². The second-order valence-electron chi connectivity index (χ2n) is 25.3. The van der Waals surface area contributed by atoms with E-state index in [1.165, 1.54) is 199 Å². The Labute approximate surface area is 543 Å². The van der Waals surface area contributed by atoms with Gasteiger partial charge < -0.3 is 33.8 Å². The lowest BCUT2D eigenvalue weighted by atomic mass is 10.0. The third-order valence-electron chi connectivity index (χ3n) is 16.4. The van der Waals surface area contributed by atoms with Crippen LogP contribution in [-0.4, -0.2) is 96.7 Å². The third kappa shape index (κ3) is 64.6. The average molecular weight is 1310 g/mol. The first-order valence-electron chi connectivity index (χ1n) is 36.8. The van der Waals surface area contributed by atoms with E-state index in [2.05, 4.69) is 27.7 Å². The van der Waals surface area contributed by atoms with Crippen LogP contribution in [0.2, 0.25) is 0 Å². The molecule has 0 aromatic rings. The lowest BCUT2D eigenvalue weighted by molar-refractivity contribution is -0.161. The predicted molar refractivity (Wildman–Crippen MR) is 359 cm³/mol. The molecule has 0 spiro atoms. The molecule has 0 bridgehead atoms. The van der Waals surface area contributed by atoms with Crippen LogP contribution in [0.5, 0.6) is 0 Å². The van der Waals surface area contributed by atoms with Gasteiger partial charge in [-0.05, 0) is 25.7 Å². The van der Waals surface area contributed by atoms with Crippen molar-refractivity contribution in [3.63, 3.8) is 0 Å². The van der Waals surface area contributed by atoms with E-state index in [4.69, 9.17) is 37.0 Å². The van der Waals surface area contributed by atoms with Crippen molar-refractivity contribution in [2.45, 2.75) is 386 Å². The number of rotatable bonds is 71. The normalized spacial score (nSPS) is 14.0.